The van der Waals surface area contributed by atoms with Gasteiger partial charge in [0.15, 0.2) is 5.82 Å². The highest BCUT2D eigenvalue weighted by molar-refractivity contribution is 5.06. The molecule has 2 aliphatic rings. The van der Waals surface area contributed by atoms with Crippen LogP contribution in [0, 0.1) is 11.8 Å². The molecule has 2 N–H and O–H groups in total. The number of fused-ring (bicyclic) bond motifs is 2. The van der Waals surface area contributed by atoms with Crippen molar-refractivity contribution in [2.24, 2.45) is 17.6 Å². The second kappa shape index (κ2) is 4.66. The van der Waals surface area contributed by atoms with Crippen molar-refractivity contribution in [1.82, 2.24) is 25.1 Å². The molecule has 2 aliphatic carbocycles. The van der Waals surface area contributed by atoms with Gasteiger partial charge in [-0.3, -0.25) is 0 Å². The monoisotopic (exact) mass is 274 g/mol. The second-order valence-electron chi connectivity index (χ2n) is 5.94. The number of hydrogen-bond acceptors (Lipinski definition) is 6. The fraction of sp³-hybridized carbons (Fsp3) is 0.692. The second-order valence-corrected chi connectivity index (χ2v) is 5.94. The smallest absolute Gasteiger partial charge is 0.248 e. The van der Waals surface area contributed by atoms with Crippen molar-refractivity contribution in [2.75, 3.05) is 0 Å². The molecule has 2 aromatic heterocycles. The van der Waals surface area contributed by atoms with Crippen molar-refractivity contribution in [1.29, 1.82) is 0 Å². The van der Waals surface area contributed by atoms with Crippen LogP contribution in [0.4, 0.5) is 0 Å². The van der Waals surface area contributed by atoms with Gasteiger partial charge in [-0.25, -0.2) is 4.68 Å². The van der Waals surface area contributed by atoms with Gasteiger partial charge in [0, 0.05) is 12.5 Å². The first-order chi connectivity index (χ1) is 9.81. The molecule has 7 nitrogen and oxygen atoms in total. The van der Waals surface area contributed by atoms with E-state index in [1.54, 1.807) is 10.9 Å². The molecule has 3 atom stereocenters. The van der Waals surface area contributed by atoms with Crippen LogP contribution in [-0.2, 0) is 13.1 Å². The maximum absolute atomic E-state index is 5.51. The van der Waals surface area contributed by atoms with Crippen LogP contribution < -0.4 is 5.73 Å². The van der Waals surface area contributed by atoms with E-state index in [4.69, 9.17) is 10.3 Å². The molecule has 0 spiro atoms. The summed E-state index contributed by atoms with van der Waals surface area (Å²) >= 11 is 0. The van der Waals surface area contributed by atoms with E-state index in [0.29, 0.717) is 24.9 Å². The molecular formula is C13H18N6O. The van der Waals surface area contributed by atoms with Crippen molar-refractivity contribution in [3.63, 3.8) is 0 Å². The highest BCUT2D eigenvalue weighted by atomic mass is 16.5. The Morgan fingerprint density at radius 1 is 1.35 bits per heavy atom. The van der Waals surface area contributed by atoms with Crippen LogP contribution >= 0.6 is 0 Å². The standard InChI is InChI=1S/C13H18N6O/c14-5-10-6-19(18-16-10)7-12-15-13(17-20-12)11-4-8-1-2-9(11)3-8/h6,8-9,11H,1-5,7,14H2. The van der Waals surface area contributed by atoms with Crippen LogP contribution in [0.15, 0.2) is 10.7 Å². The van der Waals surface area contributed by atoms with Crippen molar-refractivity contribution in [3.05, 3.63) is 23.6 Å². The first-order valence-electron chi connectivity index (χ1n) is 7.23. The molecule has 4 rings (SSSR count). The molecule has 2 heterocycles. The molecule has 2 aromatic rings. The molecule has 0 radical (unpaired) electrons. The van der Waals surface area contributed by atoms with Gasteiger partial charge in [-0.15, -0.1) is 5.10 Å². The topological polar surface area (TPSA) is 95.7 Å². The highest BCUT2D eigenvalue weighted by Crippen LogP contribution is 2.52. The Morgan fingerprint density at radius 2 is 2.30 bits per heavy atom. The fourth-order valence-corrected chi connectivity index (χ4v) is 3.69. The normalized spacial score (nSPS) is 28.4. The molecule has 2 saturated carbocycles. The van der Waals surface area contributed by atoms with Crippen molar-refractivity contribution in [3.8, 4) is 0 Å². The van der Waals surface area contributed by atoms with Gasteiger partial charge in [0.1, 0.15) is 6.54 Å². The molecule has 7 heteroatoms. The number of rotatable bonds is 4. The SMILES string of the molecule is NCc1cn(Cc2nc(C3CC4CCC3C4)no2)nn1. The van der Waals surface area contributed by atoms with Crippen molar-refractivity contribution in [2.45, 2.75) is 44.7 Å². The zero-order chi connectivity index (χ0) is 13.5. The molecule has 3 unspecified atom stereocenters. The minimum Gasteiger partial charge on any atom is -0.337 e. The molecule has 2 fully saturated rings. The van der Waals surface area contributed by atoms with Gasteiger partial charge in [-0.1, -0.05) is 16.8 Å². The van der Waals surface area contributed by atoms with E-state index in [0.717, 1.165) is 23.4 Å². The lowest BCUT2D eigenvalue weighted by Gasteiger charge is -2.17. The number of nitrogens with two attached hydrogens (primary N) is 1. The van der Waals surface area contributed by atoms with Gasteiger partial charge < -0.3 is 10.3 Å². The minimum atomic E-state index is 0.389. The third-order valence-electron chi connectivity index (χ3n) is 4.65. The summed E-state index contributed by atoms with van der Waals surface area (Å²) in [5.74, 6) is 3.62. The zero-order valence-electron chi connectivity index (χ0n) is 11.3. The van der Waals surface area contributed by atoms with Gasteiger partial charge in [0.2, 0.25) is 5.89 Å². The van der Waals surface area contributed by atoms with Gasteiger partial charge in [0.05, 0.1) is 11.9 Å². The molecule has 0 amide bonds. The number of hydrogen-bond donors (Lipinski definition) is 1. The number of nitrogens with zero attached hydrogens (tertiary/aromatic N) is 5. The maximum Gasteiger partial charge on any atom is 0.248 e. The average molecular weight is 274 g/mol. The summed E-state index contributed by atoms with van der Waals surface area (Å²) in [6.45, 7) is 0.848. The zero-order valence-corrected chi connectivity index (χ0v) is 11.3. The summed E-state index contributed by atoms with van der Waals surface area (Å²) in [6.07, 6.45) is 7.08. The lowest BCUT2D eigenvalue weighted by molar-refractivity contribution is 0.344. The van der Waals surface area contributed by atoms with Crippen LogP contribution in [0.3, 0.4) is 0 Å². The largest absolute Gasteiger partial charge is 0.337 e. The summed E-state index contributed by atoms with van der Waals surface area (Å²) in [6, 6.07) is 0. The highest BCUT2D eigenvalue weighted by Gasteiger charge is 2.42. The van der Waals surface area contributed by atoms with E-state index in [1.807, 2.05) is 0 Å². The van der Waals surface area contributed by atoms with Gasteiger partial charge in [0.25, 0.3) is 0 Å². The van der Waals surface area contributed by atoms with Crippen LogP contribution in [0.25, 0.3) is 0 Å². The van der Waals surface area contributed by atoms with Crippen LogP contribution in [-0.4, -0.2) is 25.1 Å². The Labute approximate surface area is 116 Å². The molecule has 20 heavy (non-hydrogen) atoms. The Morgan fingerprint density at radius 3 is 3.00 bits per heavy atom. The Kier molecular flexibility index (Phi) is 2.80. The summed E-state index contributed by atoms with van der Waals surface area (Å²) < 4.78 is 7.03. The third-order valence-corrected chi connectivity index (χ3v) is 4.65. The molecule has 2 bridgehead atoms. The molecule has 0 aromatic carbocycles. The Bertz CT molecular complexity index is 606. The first kappa shape index (κ1) is 12.0. The molecule has 0 saturated heterocycles. The average Bonchev–Trinajstić information content (AvgIpc) is 3.23. The minimum absolute atomic E-state index is 0.389. The van der Waals surface area contributed by atoms with Gasteiger partial charge in [-0.2, -0.15) is 4.98 Å². The summed E-state index contributed by atoms with van der Waals surface area (Å²) in [5.41, 5.74) is 6.27. The Balaban J connectivity index is 1.48. The lowest BCUT2D eigenvalue weighted by Crippen LogP contribution is -2.10. The summed E-state index contributed by atoms with van der Waals surface area (Å²) in [5, 5.41) is 12.1. The van der Waals surface area contributed by atoms with Crippen molar-refractivity contribution < 1.29 is 4.52 Å². The molecule has 106 valence electrons. The van der Waals surface area contributed by atoms with Gasteiger partial charge in [-0.05, 0) is 31.1 Å². The van der Waals surface area contributed by atoms with E-state index < -0.39 is 0 Å². The van der Waals surface area contributed by atoms with Crippen molar-refractivity contribution >= 4 is 0 Å². The van der Waals surface area contributed by atoms with Crippen LogP contribution in [0.2, 0.25) is 0 Å². The molecule has 0 aliphatic heterocycles. The van der Waals surface area contributed by atoms with E-state index in [-0.39, 0.29) is 0 Å². The Hall–Kier alpha value is -1.76. The molecular weight excluding hydrogens is 256 g/mol. The lowest BCUT2D eigenvalue weighted by atomic mass is 9.88. The summed E-state index contributed by atoms with van der Waals surface area (Å²) in [7, 11) is 0. The van der Waals surface area contributed by atoms with Gasteiger partial charge >= 0.3 is 0 Å². The van der Waals surface area contributed by atoms with Crippen LogP contribution in [0.5, 0.6) is 0 Å². The van der Waals surface area contributed by atoms with E-state index in [9.17, 15) is 0 Å². The fourth-order valence-electron chi connectivity index (χ4n) is 3.69. The quantitative estimate of drug-likeness (QED) is 0.896. The maximum atomic E-state index is 5.51. The first-order valence-corrected chi connectivity index (χ1v) is 7.23. The predicted molar refractivity (Wildman–Crippen MR) is 69.5 cm³/mol. The van der Waals surface area contributed by atoms with E-state index in [1.165, 1.54) is 25.7 Å². The predicted octanol–water partition coefficient (Wildman–Crippen LogP) is 1.07. The van der Waals surface area contributed by atoms with E-state index >= 15 is 0 Å². The summed E-state index contributed by atoms with van der Waals surface area (Å²) in [4.78, 5) is 4.54. The number of aromatic nitrogens is 5. The van der Waals surface area contributed by atoms with Crippen LogP contribution in [0.1, 0.15) is 49.0 Å². The third kappa shape index (κ3) is 2.02. The van der Waals surface area contributed by atoms with E-state index in [2.05, 4.69) is 20.5 Å².